The minimum absolute atomic E-state index is 0.0327. The van der Waals surface area contributed by atoms with E-state index in [0.717, 1.165) is 31.6 Å². The summed E-state index contributed by atoms with van der Waals surface area (Å²) in [6.07, 6.45) is 5.29. The molecule has 1 aromatic rings. The van der Waals surface area contributed by atoms with Crippen molar-refractivity contribution >= 4 is 41.0 Å². The third-order valence-corrected chi connectivity index (χ3v) is 6.55. The summed E-state index contributed by atoms with van der Waals surface area (Å²) < 4.78 is 0. The third-order valence-electron chi connectivity index (χ3n) is 5.50. The van der Waals surface area contributed by atoms with Crippen molar-refractivity contribution in [2.45, 2.75) is 57.1 Å². The van der Waals surface area contributed by atoms with E-state index < -0.39 is 0 Å². The fraction of sp³-hybridized carbons (Fsp3) is 0.700. The minimum atomic E-state index is -0.0327. The molecule has 2 aliphatic rings. The fourth-order valence-electron chi connectivity index (χ4n) is 3.96. The monoisotopic (exact) mass is 439 g/mol. The highest BCUT2D eigenvalue weighted by molar-refractivity contribution is 7.99. The number of hydrogen-bond donors (Lipinski definition) is 1. The van der Waals surface area contributed by atoms with Crippen LogP contribution in [-0.2, 0) is 9.59 Å². The van der Waals surface area contributed by atoms with Crippen molar-refractivity contribution in [1.29, 1.82) is 0 Å². The van der Waals surface area contributed by atoms with E-state index in [2.05, 4.69) is 27.1 Å². The first-order chi connectivity index (χ1) is 14.0. The van der Waals surface area contributed by atoms with Gasteiger partial charge in [-0.2, -0.15) is 0 Å². The number of amides is 2. The van der Waals surface area contributed by atoms with E-state index in [1.807, 2.05) is 11.8 Å². The molecule has 1 atom stereocenters. The summed E-state index contributed by atoms with van der Waals surface area (Å²) in [6.45, 7) is 6.91. The van der Waals surface area contributed by atoms with Gasteiger partial charge in [0.1, 0.15) is 11.0 Å². The molecule has 7 nitrogen and oxygen atoms in total. The van der Waals surface area contributed by atoms with Crippen LogP contribution < -0.4 is 10.2 Å². The molecule has 2 heterocycles. The lowest BCUT2D eigenvalue weighted by atomic mass is 10.0. The van der Waals surface area contributed by atoms with Crippen LogP contribution in [0.15, 0.2) is 11.2 Å². The standard InChI is InChI=1S/C20H30ClN5O2S/c1-3-8-22-18(27)13-29-20-23-16(21)11-17(24-20)25-9-10-26(14(2)12-25)19(28)15-6-4-5-7-15/h11,14-15H,3-10,12-13H2,1-2H3,(H,22,27). The second-order valence-electron chi connectivity index (χ2n) is 7.78. The number of rotatable bonds is 7. The van der Waals surface area contributed by atoms with Crippen molar-refractivity contribution in [3.05, 3.63) is 11.2 Å². The number of nitrogens with zero attached hydrogens (tertiary/aromatic N) is 4. The highest BCUT2D eigenvalue weighted by Crippen LogP contribution is 2.29. The van der Waals surface area contributed by atoms with Gasteiger partial charge in [-0.3, -0.25) is 9.59 Å². The number of hydrogen-bond acceptors (Lipinski definition) is 6. The lowest BCUT2D eigenvalue weighted by molar-refractivity contribution is -0.137. The van der Waals surface area contributed by atoms with E-state index >= 15 is 0 Å². The first-order valence-electron chi connectivity index (χ1n) is 10.5. The van der Waals surface area contributed by atoms with E-state index in [9.17, 15) is 9.59 Å². The smallest absolute Gasteiger partial charge is 0.230 e. The molecule has 0 spiro atoms. The summed E-state index contributed by atoms with van der Waals surface area (Å²) in [5.41, 5.74) is 0. The van der Waals surface area contributed by atoms with Crippen LogP contribution in [0.2, 0.25) is 5.15 Å². The van der Waals surface area contributed by atoms with Crippen LogP contribution in [0.1, 0.15) is 46.0 Å². The Balaban J connectivity index is 1.60. The number of piperazine rings is 1. The molecule has 1 aromatic heterocycles. The molecule has 1 aliphatic carbocycles. The molecule has 160 valence electrons. The van der Waals surface area contributed by atoms with Gasteiger partial charge in [-0.1, -0.05) is 43.1 Å². The van der Waals surface area contributed by atoms with Crippen molar-refractivity contribution in [2.24, 2.45) is 5.92 Å². The highest BCUT2D eigenvalue weighted by atomic mass is 35.5. The Morgan fingerprint density at radius 2 is 2.03 bits per heavy atom. The third kappa shape index (κ3) is 5.98. The number of anilines is 1. The number of nitrogens with one attached hydrogen (secondary N) is 1. The van der Waals surface area contributed by atoms with Crippen LogP contribution in [0.3, 0.4) is 0 Å². The van der Waals surface area contributed by atoms with Crippen LogP contribution in [-0.4, -0.2) is 64.7 Å². The average Bonchev–Trinajstić information content (AvgIpc) is 3.24. The van der Waals surface area contributed by atoms with Gasteiger partial charge in [-0.15, -0.1) is 0 Å². The summed E-state index contributed by atoms with van der Waals surface area (Å²) in [5, 5.41) is 3.70. The van der Waals surface area contributed by atoms with Gasteiger partial charge in [0.25, 0.3) is 0 Å². The Hall–Kier alpha value is -1.54. The summed E-state index contributed by atoms with van der Waals surface area (Å²) in [6, 6.07) is 1.88. The maximum atomic E-state index is 12.8. The molecule has 0 bridgehead atoms. The van der Waals surface area contributed by atoms with Gasteiger partial charge >= 0.3 is 0 Å². The Morgan fingerprint density at radius 3 is 2.72 bits per heavy atom. The SMILES string of the molecule is CCCNC(=O)CSc1nc(Cl)cc(N2CCN(C(=O)C3CCCC3)C(C)C2)n1. The second kappa shape index (κ2) is 10.5. The average molecular weight is 440 g/mol. The Bertz CT molecular complexity index is 729. The highest BCUT2D eigenvalue weighted by Gasteiger charge is 2.33. The molecular formula is C20H30ClN5O2S. The number of carbonyl (C=O) groups excluding carboxylic acids is 2. The maximum absolute atomic E-state index is 12.8. The molecule has 3 rings (SSSR count). The van der Waals surface area contributed by atoms with Gasteiger partial charge in [0, 0.05) is 44.2 Å². The number of aromatic nitrogens is 2. The topological polar surface area (TPSA) is 78.4 Å². The van der Waals surface area contributed by atoms with E-state index in [4.69, 9.17) is 11.6 Å². The predicted octanol–water partition coefficient (Wildman–Crippen LogP) is 2.98. The van der Waals surface area contributed by atoms with Crippen LogP contribution in [0.5, 0.6) is 0 Å². The molecule has 0 aromatic carbocycles. The zero-order chi connectivity index (χ0) is 20.8. The van der Waals surface area contributed by atoms with Crippen molar-refractivity contribution < 1.29 is 9.59 Å². The maximum Gasteiger partial charge on any atom is 0.230 e. The van der Waals surface area contributed by atoms with Crippen molar-refractivity contribution in [3.63, 3.8) is 0 Å². The van der Waals surface area contributed by atoms with Gasteiger partial charge in [-0.05, 0) is 26.2 Å². The quantitative estimate of drug-likeness (QED) is 0.399. The first-order valence-corrected chi connectivity index (χ1v) is 11.8. The van der Waals surface area contributed by atoms with Gasteiger partial charge < -0.3 is 15.1 Å². The summed E-state index contributed by atoms with van der Waals surface area (Å²) in [5.74, 6) is 1.50. The van der Waals surface area contributed by atoms with Crippen molar-refractivity contribution in [2.75, 3.05) is 36.8 Å². The zero-order valence-electron chi connectivity index (χ0n) is 17.2. The lowest BCUT2D eigenvalue weighted by Gasteiger charge is -2.41. The van der Waals surface area contributed by atoms with Crippen LogP contribution in [0.4, 0.5) is 5.82 Å². The molecule has 1 aliphatic heterocycles. The summed E-state index contributed by atoms with van der Waals surface area (Å²) in [7, 11) is 0. The summed E-state index contributed by atoms with van der Waals surface area (Å²) in [4.78, 5) is 37.7. The molecule has 29 heavy (non-hydrogen) atoms. The molecule has 1 saturated heterocycles. The van der Waals surface area contributed by atoms with Gasteiger partial charge in [0.2, 0.25) is 11.8 Å². The largest absolute Gasteiger partial charge is 0.355 e. The zero-order valence-corrected chi connectivity index (χ0v) is 18.8. The Kier molecular flexibility index (Phi) is 8.00. The van der Waals surface area contributed by atoms with Crippen molar-refractivity contribution in [3.8, 4) is 0 Å². The van der Waals surface area contributed by atoms with E-state index in [1.54, 1.807) is 6.07 Å². The molecule has 1 N–H and O–H groups in total. The minimum Gasteiger partial charge on any atom is -0.355 e. The number of halogens is 1. The Labute approximate surface area is 182 Å². The molecule has 1 unspecified atom stereocenters. The second-order valence-corrected chi connectivity index (χ2v) is 9.11. The van der Waals surface area contributed by atoms with Gasteiger partial charge in [0.05, 0.1) is 5.75 Å². The molecule has 2 fully saturated rings. The summed E-state index contributed by atoms with van der Waals surface area (Å²) >= 11 is 7.50. The fourth-order valence-corrected chi connectivity index (χ4v) is 4.87. The molecule has 9 heteroatoms. The normalized spacial score (nSPS) is 20.2. The number of carbonyl (C=O) groups is 2. The molecular weight excluding hydrogens is 410 g/mol. The van der Waals surface area contributed by atoms with Crippen LogP contribution in [0.25, 0.3) is 0 Å². The molecule has 2 amide bonds. The van der Waals surface area contributed by atoms with Gasteiger partial charge in [0.15, 0.2) is 5.16 Å². The first kappa shape index (κ1) is 22.2. The van der Waals surface area contributed by atoms with E-state index in [0.29, 0.717) is 35.9 Å². The van der Waals surface area contributed by atoms with Crippen LogP contribution in [0, 0.1) is 5.92 Å². The van der Waals surface area contributed by atoms with Crippen LogP contribution >= 0.6 is 23.4 Å². The number of thioether (sulfide) groups is 1. The van der Waals surface area contributed by atoms with E-state index in [-0.39, 0.29) is 23.6 Å². The Morgan fingerprint density at radius 1 is 1.28 bits per heavy atom. The predicted molar refractivity (Wildman–Crippen MR) is 116 cm³/mol. The lowest BCUT2D eigenvalue weighted by Crippen LogP contribution is -2.55. The van der Waals surface area contributed by atoms with Gasteiger partial charge in [-0.25, -0.2) is 9.97 Å². The molecule has 1 saturated carbocycles. The molecule has 0 radical (unpaired) electrons. The van der Waals surface area contributed by atoms with Crippen molar-refractivity contribution in [1.82, 2.24) is 20.2 Å². The van der Waals surface area contributed by atoms with E-state index in [1.165, 1.54) is 24.6 Å².